The number of ketones is 1. The van der Waals surface area contributed by atoms with E-state index >= 15 is 0 Å². The number of rotatable bonds is 3. The first kappa shape index (κ1) is 16.0. The van der Waals surface area contributed by atoms with E-state index in [0.717, 1.165) is 24.9 Å². The summed E-state index contributed by atoms with van der Waals surface area (Å²) in [6.45, 7) is 6.19. The third kappa shape index (κ3) is 2.58. The van der Waals surface area contributed by atoms with Gasteiger partial charge in [-0.2, -0.15) is 0 Å². The second-order valence-corrected chi connectivity index (χ2v) is 8.29. The van der Waals surface area contributed by atoms with Gasteiger partial charge in [-0.25, -0.2) is 0 Å². The van der Waals surface area contributed by atoms with Crippen LogP contribution >= 0.6 is 0 Å². The van der Waals surface area contributed by atoms with E-state index in [2.05, 4.69) is 22.5 Å². The molecule has 0 amide bonds. The highest BCUT2D eigenvalue weighted by Crippen LogP contribution is 2.51. The number of nitrogens with one attached hydrogen (secondary N) is 2. The maximum Gasteiger partial charge on any atom is 0.147 e. The van der Waals surface area contributed by atoms with Gasteiger partial charge in [-0.1, -0.05) is 39.0 Å². The zero-order valence-electron chi connectivity index (χ0n) is 14.8. The molecule has 4 nitrogen and oxygen atoms in total. The lowest BCUT2D eigenvalue weighted by Gasteiger charge is -2.39. The predicted molar refractivity (Wildman–Crippen MR) is 91.8 cm³/mol. The summed E-state index contributed by atoms with van der Waals surface area (Å²) in [5.41, 5.74) is 0. The van der Waals surface area contributed by atoms with Gasteiger partial charge in [-0.3, -0.25) is 15.0 Å². The largest absolute Gasteiger partial charge is 0.302 e. The summed E-state index contributed by atoms with van der Waals surface area (Å²) in [7, 11) is 0. The summed E-state index contributed by atoms with van der Waals surface area (Å²) >= 11 is 0. The number of hydrogen-bond acceptors (Lipinski definition) is 4. The Bertz CT molecular complexity index is 448. The van der Waals surface area contributed by atoms with Crippen LogP contribution in [-0.2, 0) is 4.79 Å². The van der Waals surface area contributed by atoms with Crippen molar-refractivity contribution >= 4 is 5.78 Å². The average molecular weight is 319 g/mol. The van der Waals surface area contributed by atoms with Gasteiger partial charge >= 0.3 is 0 Å². The number of likely N-dealkylation sites (tertiary alicyclic amines) is 1. The molecule has 0 aromatic heterocycles. The SMILES string of the molecule is CCN1C2NC3NCCCC3C2C(C2CCCCC2)C1C(C)=O. The van der Waals surface area contributed by atoms with Crippen molar-refractivity contribution in [2.75, 3.05) is 13.1 Å². The van der Waals surface area contributed by atoms with Crippen LogP contribution in [0.5, 0.6) is 0 Å². The van der Waals surface area contributed by atoms with Crippen LogP contribution in [0.25, 0.3) is 0 Å². The Morgan fingerprint density at radius 3 is 2.57 bits per heavy atom. The fourth-order valence-corrected chi connectivity index (χ4v) is 6.45. The van der Waals surface area contributed by atoms with Crippen molar-refractivity contribution < 1.29 is 4.79 Å². The van der Waals surface area contributed by atoms with E-state index in [1.165, 1.54) is 44.9 Å². The predicted octanol–water partition coefficient (Wildman–Crippen LogP) is 2.35. The van der Waals surface area contributed by atoms with E-state index in [0.29, 0.717) is 30.0 Å². The van der Waals surface area contributed by atoms with Crippen LogP contribution in [-0.4, -0.2) is 42.1 Å². The summed E-state index contributed by atoms with van der Waals surface area (Å²) in [6.07, 6.45) is 10.3. The molecule has 0 bridgehead atoms. The monoisotopic (exact) mass is 319 g/mol. The fraction of sp³-hybridized carbons (Fsp3) is 0.947. The smallest absolute Gasteiger partial charge is 0.147 e. The molecule has 4 fully saturated rings. The Morgan fingerprint density at radius 1 is 1.09 bits per heavy atom. The Balaban J connectivity index is 1.67. The number of Topliss-reactive ketones (excluding diaryl/α,β-unsaturated/α-hetero) is 1. The second-order valence-electron chi connectivity index (χ2n) is 8.29. The van der Waals surface area contributed by atoms with Gasteiger partial charge in [-0.05, 0) is 56.5 Å². The molecule has 4 aliphatic rings. The van der Waals surface area contributed by atoms with Crippen LogP contribution < -0.4 is 10.6 Å². The van der Waals surface area contributed by atoms with E-state index in [1.807, 2.05) is 6.92 Å². The zero-order valence-corrected chi connectivity index (χ0v) is 14.8. The van der Waals surface area contributed by atoms with Crippen molar-refractivity contribution in [1.82, 2.24) is 15.5 Å². The van der Waals surface area contributed by atoms with Crippen molar-refractivity contribution in [3.05, 3.63) is 0 Å². The number of carbonyl (C=O) groups excluding carboxylic acids is 1. The standard InChI is InChI=1S/C19H33N3O/c1-3-22-17(12(2)23)15(13-8-5-4-6-9-13)16-14-10-7-11-20-18(14)21-19(16)22/h13-21H,3-11H2,1-2H3. The highest BCUT2D eigenvalue weighted by atomic mass is 16.1. The van der Waals surface area contributed by atoms with E-state index in [-0.39, 0.29) is 6.04 Å². The van der Waals surface area contributed by atoms with Crippen molar-refractivity contribution in [3.8, 4) is 0 Å². The minimum absolute atomic E-state index is 0.161. The summed E-state index contributed by atoms with van der Waals surface area (Å²) in [5.74, 6) is 3.15. The lowest BCUT2D eigenvalue weighted by atomic mass is 9.67. The topological polar surface area (TPSA) is 44.4 Å². The van der Waals surface area contributed by atoms with Crippen LogP contribution in [0.1, 0.15) is 58.8 Å². The second kappa shape index (κ2) is 6.45. The average Bonchev–Trinajstić information content (AvgIpc) is 3.09. The van der Waals surface area contributed by atoms with Gasteiger partial charge < -0.3 is 5.32 Å². The van der Waals surface area contributed by atoms with Gasteiger partial charge in [0, 0.05) is 0 Å². The Morgan fingerprint density at radius 2 is 1.87 bits per heavy atom. The number of likely N-dealkylation sites (N-methyl/N-ethyl adjacent to an activating group) is 1. The normalized spacial score (nSPS) is 45.0. The lowest BCUT2D eigenvalue weighted by molar-refractivity contribution is -0.124. The first-order valence-electron chi connectivity index (χ1n) is 9.98. The highest BCUT2D eigenvalue weighted by molar-refractivity contribution is 5.82. The number of piperidine rings is 1. The fourth-order valence-electron chi connectivity index (χ4n) is 6.45. The van der Waals surface area contributed by atoms with E-state index in [9.17, 15) is 4.79 Å². The quantitative estimate of drug-likeness (QED) is 0.838. The van der Waals surface area contributed by atoms with E-state index in [4.69, 9.17) is 0 Å². The lowest BCUT2D eigenvalue weighted by Crippen LogP contribution is -2.54. The molecule has 4 rings (SSSR count). The molecule has 1 aliphatic carbocycles. The number of nitrogens with zero attached hydrogens (tertiary/aromatic N) is 1. The molecule has 3 heterocycles. The van der Waals surface area contributed by atoms with Gasteiger partial charge in [0.05, 0.1) is 18.4 Å². The maximum atomic E-state index is 12.6. The molecule has 3 saturated heterocycles. The molecular formula is C19H33N3O. The molecule has 0 spiro atoms. The van der Waals surface area contributed by atoms with Crippen molar-refractivity contribution in [1.29, 1.82) is 0 Å². The van der Waals surface area contributed by atoms with Gasteiger partial charge in [0.25, 0.3) is 0 Å². The molecule has 23 heavy (non-hydrogen) atoms. The van der Waals surface area contributed by atoms with Crippen LogP contribution in [0.2, 0.25) is 0 Å². The Kier molecular flexibility index (Phi) is 4.50. The highest BCUT2D eigenvalue weighted by Gasteiger charge is 2.59. The first-order valence-corrected chi connectivity index (χ1v) is 9.98. The van der Waals surface area contributed by atoms with Crippen LogP contribution in [0.4, 0.5) is 0 Å². The van der Waals surface area contributed by atoms with E-state index < -0.39 is 0 Å². The molecular weight excluding hydrogens is 286 g/mol. The summed E-state index contributed by atoms with van der Waals surface area (Å²) in [5, 5.41) is 7.57. The number of fused-ring (bicyclic) bond motifs is 3. The zero-order chi connectivity index (χ0) is 16.0. The molecule has 1 saturated carbocycles. The molecule has 3 aliphatic heterocycles. The van der Waals surface area contributed by atoms with Crippen molar-refractivity contribution in [3.63, 3.8) is 0 Å². The van der Waals surface area contributed by atoms with Gasteiger partial charge in [0.15, 0.2) is 0 Å². The molecule has 130 valence electrons. The minimum atomic E-state index is 0.161. The molecule has 4 heteroatoms. The first-order chi connectivity index (χ1) is 11.2. The molecule has 2 N–H and O–H groups in total. The van der Waals surface area contributed by atoms with Crippen LogP contribution in [0.3, 0.4) is 0 Å². The molecule has 6 unspecified atom stereocenters. The van der Waals surface area contributed by atoms with Crippen LogP contribution in [0.15, 0.2) is 0 Å². The Hall–Kier alpha value is -0.450. The summed E-state index contributed by atoms with van der Waals surface area (Å²) < 4.78 is 0. The van der Waals surface area contributed by atoms with Gasteiger partial charge in [0.2, 0.25) is 0 Å². The minimum Gasteiger partial charge on any atom is -0.302 e. The summed E-state index contributed by atoms with van der Waals surface area (Å²) in [6, 6.07) is 0.161. The molecule has 0 aromatic rings. The van der Waals surface area contributed by atoms with Crippen LogP contribution in [0, 0.1) is 23.7 Å². The van der Waals surface area contributed by atoms with Crippen molar-refractivity contribution in [2.24, 2.45) is 23.7 Å². The third-order valence-electron chi connectivity index (χ3n) is 7.22. The van der Waals surface area contributed by atoms with Gasteiger partial charge in [0.1, 0.15) is 5.78 Å². The van der Waals surface area contributed by atoms with Gasteiger partial charge in [-0.15, -0.1) is 0 Å². The van der Waals surface area contributed by atoms with E-state index in [1.54, 1.807) is 0 Å². The summed E-state index contributed by atoms with van der Waals surface area (Å²) in [4.78, 5) is 15.1. The molecule has 0 radical (unpaired) electrons. The molecule has 6 atom stereocenters. The van der Waals surface area contributed by atoms with Crippen molar-refractivity contribution in [2.45, 2.75) is 77.2 Å². The number of hydrogen-bond donors (Lipinski definition) is 2. The number of carbonyl (C=O) groups is 1. The third-order valence-corrected chi connectivity index (χ3v) is 7.22. The molecule has 0 aromatic carbocycles. The Labute approximate surface area is 140 Å². The maximum absolute atomic E-state index is 12.6.